The molecule has 1 aliphatic rings. The minimum Gasteiger partial charge on any atom is -0.396 e. The highest BCUT2D eigenvalue weighted by atomic mass is 16.5. The van der Waals surface area contributed by atoms with E-state index in [9.17, 15) is 0 Å². The van der Waals surface area contributed by atoms with E-state index in [0.29, 0.717) is 11.5 Å². The maximum Gasteiger partial charge on any atom is 0.0585 e. The molecule has 11 heavy (non-hydrogen) atoms. The fourth-order valence-electron chi connectivity index (χ4n) is 1.61. The topological polar surface area (TPSA) is 29.5 Å². The van der Waals surface area contributed by atoms with Crippen LogP contribution in [0.3, 0.4) is 0 Å². The third-order valence-electron chi connectivity index (χ3n) is 2.22. The largest absolute Gasteiger partial charge is 0.396 e. The van der Waals surface area contributed by atoms with Gasteiger partial charge in [0, 0.05) is 13.2 Å². The summed E-state index contributed by atoms with van der Waals surface area (Å²) >= 11 is 0. The Morgan fingerprint density at radius 3 is 2.55 bits per heavy atom. The predicted octanol–water partition coefficient (Wildman–Crippen LogP) is 1.57. The number of hydrogen-bond donors (Lipinski definition) is 1. The first-order valence-electron chi connectivity index (χ1n) is 4.36. The smallest absolute Gasteiger partial charge is 0.0585 e. The van der Waals surface area contributed by atoms with Gasteiger partial charge in [0.2, 0.25) is 0 Å². The van der Waals surface area contributed by atoms with Gasteiger partial charge >= 0.3 is 0 Å². The third kappa shape index (κ3) is 2.80. The molecule has 0 aromatic rings. The molecule has 0 heterocycles. The quantitative estimate of drug-likeness (QED) is 0.629. The first-order chi connectivity index (χ1) is 5.14. The molecule has 0 aromatic carbocycles. The summed E-state index contributed by atoms with van der Waals surface area (Å²) in [6.45, 7) is 5.49. The first kappa shape index (κ1) is 9.01. The Kier molecular flexibility index (Phi) is 2.90. The maximum atomic E-state index is 8.49. The lowest BCUT2D eigenvalue weighted by atomic mass is 9.70. The summed E-state index contributed by atoms with van der Waals surface area (Å²) in [6.07, 6.45) is 3.60. The van der Waals surface area contributed by atoms with Crippen LogP contribution in [0, 0.1) is 5.41 Å². The molecule has 0 aromatic heterocycles. The highest BCUT2D eigenvalue weighted by Gasteiger charge is 2.36. The van der Waals surface area contributed by atoms with E-state index in [1.807, 2.05) is 0 Å². The lowest BCUT2D eigenvalue weighted by Gasteiger charge is -2.42. The molecule has 1 fully saturated rings. The molecule has 0 spiro atoms. The van der Waals surface area contributed by atoms with Crippen LogP contribution in [0.1, 0.15) is 33.1 Å². The number of hydrogen-bond acceptors (Lipinski definition) is 2. The van der Waals surface area contributed by atoms with Gasteiger partial charge in [-0.05, 0) is 24.7 Å². The minimum absolute atomic E-state index is 0.246. The van der Waals surface area contributed by atoms with Crippen LogP contribution in [-0.2, 0) is 4.74 Å². The van der Waals surface area contributed by atoms with Crippen LogP contribution in [0.25, 0.3) is 0 Å². The average Bonchev–Trinajstić information content (AvgIpc) is 1.84. The molecule has 0 radical (unpaired) electrons. The molecule has 1 rings (SSSR count). The van der Waals surface area contributed by atoms with Crippen LogP contribution >= 0.6 is 0 Å². The Morgan fingerprint density at radius 1 is 1.45 bits per heavy atom. The normalized spacial score (nSPS) is 23.2. The fourth-order valence-corrected chi connectivity index (χ4v) is 1.61. The van der Waals surface area contributed by atoms with E-state index in [1.54, 1.807) is 0 Å². The SMILES string of the molecule is CC1(C)CC(OCCCO)C1. The van der Waals surface area contributed by atoms with Gasteiger partial charge in [-0.3, -0.25) is 0 Å². The van der Waals surface area contributed by atoms with Gasteiger partial charge in [0.25, 0.3) is 0 Å². The molecule has 0 unspecified atom stereocenters. The van der Waals surface area contributed by atoms with Crippen molar-refractivity contribution in [3.63, 3.8) is 0 Å². The van der Waals surface area contributed by atoms with Crippen molar-refractivity contribution in [3.8, 4) is 0 Å². The zero-order valence-corrected chi connectivity index (χ0v) is 7.47. The van der Waals surface area contributed by atoms with Crippen molar-refractivity contribution in [3.05, 3.63) is 0 Å². The van der Waals surface area contributed by atoms with Crippen LogP contribution in [-0.4, -0.2) is 24.4 Å². The molecule has 0 bridgehead atoms. The summed E-state index contributed by atoms with van der Waals surface area (Å²) < 4.78 is 5.49. The van der Waals surface area contributed by atoms with Crippen LogP contribution in [0.2, 0.25) is 0 Å². The van der Waals surface area contributed by atoms with Gasteiger partial charge in [-0.1, -0.05) is 13.8 Å². The standard InChI is InChI=1S/C9H18O2/c1-9(2)6-8(7-9)11-5-3-4-10/h8,10H,3-7H2,1-2H3. The van der Waals surface area contributed by atoms with Gasteiger partial charge in [-0.25, -0.2) is 0 Å². The van der Waals surface area contributed by atoms with E-state index in [-0.39, 0.29) is 6.61 Å². The van der Waals surface area contributed by atoms with Gasteiger partial charge in [-0.15, -0.1) is 0 Å². The molecule has 0 saturated heterocycles. The fraction of sp³-hybridized carbons (Fsp3) is 1.00. The van der Waals surface area contributed by atoms with E-state index in [4.69, 9.17) is 9.84 Å². The molecule has 0 aliphatic heterocycles. The molecule has 1 saturated carbocycles. The van der Waals surface area contributed by atoms with Crippen LogP contribution in [0.15, 0.2) is 0 Å². The molecule has 0 amide bonds. The molecular weight excluding hydrogens is 140 g/mol. The van der Waals surface area contributed by atoms with E-state index >= 15 is 0 Å². The van der Waals surface area contributed by atoms with Gasteiger partial charge in [0.05, 0.1) is 6.10 Å². The molecule has 1 N–H and O–H groups in total. The van der Waals surface area contributed by atoms with Crippen LogP contribution in [0.5, 0.6) is 0 Å². The molecule has 1 aliphatic carbocycles. The highest BCUT2D eigenvalue weighted by molar-refractivity contribution is 4.87. The Labute approximate surface area is 68.6 Å². The second-order valence-corrected chi connectivity index (χ2v) is 4.14. The number of aliphatic hydroxyl groups is 1. The second-order valence-electron chi connectivity index (χ2n) is 4.14. The molecule has 2 nitrogen and oxygen atoms in total. The van der Waals surface area contributed by atoms with Crippen LogP contribution in [0.4, 0.5) is 0 Å². The molecule has 2 heteroatoms. The van der Waals surface area contributed by atoms with Crippen molar-refractivity contribution < 1.29 is 9.84 Å². The Bertz CT molecular complexity index is 113. The summed E-state index contributed by atoms with van der Waals surface area (Å²) in [5.41, 5.74) is 0.504. The van der Waals surface area contributed by atoms with Gasteiger partial charge in [-0.2, -0.15) is 0 Å². The molecule has 66 valence electrons. The summed E-state index contributed by atoms with van der Waals surface area (Å²) in [7, 11) is 0. The Hall–Kier alpha value is -0.0800. The molecule has 0 atom stereocenters. The lowest BCUT2D eigenvalue weighted by molar-refractivity contribution is -0.0676. The van der Waals surface area contributed by atoms with E-state index in [0.717, 1.165) is 13.0 Å². The van der Waals surface area contributed by atoms with E-state index in [2.05, 4.69) is 13.8 Å². The summed E-state index contributed by atoms with van der Waals surface area (Å²) in [6, 6.07) is 0. The van der Waals surface area contributed by atoms with Crippen molar-refractivity contribution in [2.75, 3.05) is 13.2 Å². The maximum absolute atomic E-state index is 8.49. The second kappa shape index (κ2) is 3.55. The zero-order valence-electron chi connectivity index (χ0n) is 7.47. The molecular formula is C9H18O2. The highest BCUT2D eigenvalue weighted by Crippen LogP contribution is 2.41. The van der Waals surface area contributed by atoms with Gasteiger partial charge < -0.3 is 9.84 Å². The first-order valence-corrected chi connectivity index (χ1v) is 4.36. The van der Waals surface area contributed by atoms with Gasteiger partial charge in [0.15, 0.2) is 0 Å². The number of rotatable bonds is 4. The summed E-state index contributed by atoms with van der Waals surface area (Å²) in [4.78, 5) is 0. The lowest BCUT2D eigenvalue weighted by Crippen LogP contribution is -2.38. The Morgan fingerprint density at radius 2 is 2.09 bits per heavy atom. The average molecular weight is 158 g/mol. The van der Waals surface area contributed by atoms with E-state index < -0.39 is 0 Å². The van der Waals surface area contributed by atoms with Crippen molar-refractivity contribution in [2.24, 2.45) is 5.41 Å². The number of aliphatic hydroxyl groups excluding tert-OH is 1. The van der Waals surface area contributed by atoms with Gasteiger partial charge in [0.1, 0.15) is 0 Å². The van der Waals surface area contributed by atoms with E-state index in [1.165, 1.54) is 12.8 Å². The minimum atomic E-state index is 0.246. The third-order valence-corrected chi connectivity index (χ3v) is 2.22. The van der Waals surface area contributed by atoms with Crippen molar-refractivity contribution in [2.45, 2.75) is 39.2 Å². The van der Waals surface area contributed by atoms with Crippen molar-refractivity contribution in [1.29, 1.82) is 0 Å². The summed E-state index contributed by atoms with van der Waals surface area (Å²) in [5.74, 6) is 0. The van der Waals surface area contributed by atoms with Crippen LogP contribution < -0.4 is 0 Å². The number of ether oxygens (including phenoxy) is 1. The van der Waals surface area contributed by atoms with Crippen molar-refractivity contribution >= 4 is 0 Å². The summed E-state index contributed by atoms with van der Waals surface area (Å²) in [5, 5.41) is 8.49. The monoisotopic (exact) mass is 158 g/mol. The van der Waals surface area contributed by atoms with Crippen molar-refractivity contribution in [1.82, 2.24) is 0 Å². The predicted molar refractivity (Wildman–Crippen MR) is 44.5 cm³/mol. The zero-order chi connectivity index (χ0) is 8.32. The Balaban J connectivity index is 1.96.